The van der Waals surface area contributed by atoms with E-state index in [9.17, 15) is 14.4 Å². The fraction of sp³-hybridized carbons (Fsp3) is 0.375. The molecule has 10 nitrogen and oxygen atoms in total. The second kappa shape index (κ2) is 9.50. The first-order valence-corrected chi connectivity index (χ1v) is 11.5. The minimum absolute atomic E-state index is 0.0104. The van der Waals surface area contributed by atoms with Crippen LogP contribution in [0.15, 0.2) is 30.7 Å². The fourth-order valence-corrected chi connectivity index (χ4v) is 4.51. The summed E-state index contributed by atoms with van der Waals surface area (Å²) >= 11 is 0. The molecule has 0 atom stereocenters. The van der Waals surface area contributed by atoms with Crippen molar-refractivity contribution in [1.29, 1.82) is 0 Å². The third kappa shape index (κ3) is 4.57. The molecule has 3 aromatic rings. The number of anilines is 1. The van der Waals surface area contributed by atoms with Gasteiger partial charge in [0.05, 0.1) is 16.8 Å². The van der Waals surface area contributed by atoms with Gasteiger partial charge in [-0.1, -0.05) is 25.3 Å². The minimum atomic E-state index is -0.401. The molecule has 4 N–H and O–H groups in total. The van der Waals surface area contributed by atoms with Gasteiger partial charge in [0, 0.05) is 19.3 Å². The molecule has 34 heavy (non-hydrogen) atoms. The predicted octanol–water partition coefficient (Wildman–Crippen LogP) is 2.53. The van der Waals surface area contributed by atoms with E-state index in [1.54, 1.807) is 18.3 Å². The van der Waals surface area contributed by atoms with Gasteiger partial charge < -0.3 is 25.7 Å². The number of benzene rings is 1. The van der Waals surface area contributed by atoms with Crippen molar-refractivity contribution in [3.05, 3.63) is 47.5 Å². The van der Waals surface area contributed by atoms with Crippen molar-refractivity contribution in [3.63, 3.8) is 0 Å². The van der Waals surface area contributed by atoms with Crippen LogP contribution in [0.3, 0.4) is 0 Å². The zero-order chi connectivity index (χ0) is 23.5. The summed E-state index contributed by atoms with van der Waals surface area (Å²) in [5.41, 5.74) is 2.74. The number of aromatic amines is 1. The quantitative estimate of drug-likeness (QED) is 0.444. The summed E-state index contributed by atoms with van der Waals surface area (Å²) in [6.07, 6.45) is 8.84. The van der Waals surface area contributed by atoms with Gasteiger partial charge in [0.15, 0.2) is 12.3 Å². The van der Waals surface area contributed by atoms with Gasteiger partial charge in [0.1, 0.15) is 17.6 Å². The largest absolute Gasteiger partial charge is 0.482 e. The first kappa shape index (κ1) is 21.9. The van der Waals surface area contributed by atoms with E-state index in [1.165, 1.54) is 25.6 Å². The lowest BCUT2D eigenvalue weighted by atomic mass is 9.89. The van der Waals surface area contributed by atoms with E-state index in [0.29, 0.717) is 40.5 Å². The van der Waals surface area contributed by atoms with Crippen LogP contribution in [0.4, 0.5) is 5.69 Å². The number of aromatic nitrogens is 3. The van der Waals surface area contributed by atoms with Gasteiger partial charge >= 0.3 is 0 Å². The molecule has 3 amide bonds. The Balaban J connectivity index is 1.26. The summed E-state index contributed by atoms with van der Waals surface area (Å²) in [6.45, 7) is 0.864. The number of ether oxygens (including phenoxy) is 1. The molecule has 1 saturated carbocycles. The molecule has 5 rings (SSSR count). The number of nitrogens with zero attached hydrogens (tertiary/aromatic N) is 2. The van der Waals surface area contributed by atoms with Crippen molar-refractivity contribution < 1.29 is 19.1 Å². The van der Waals surface area contributed by atoms with Crippen molar-refractivity contribution in [2.75, 3.05) is 18.5 Å². The number of hydrogen-bond acceptors (Lipinski definition) is 6. The molecule has 3 heterocycles. The summed E-state index contributed by atoms with van der Waals surface area (Å²) in [5, 5.41) is 8.59. The maximum atomic E-state index is 12.9. The average Bonchev–Trinajstić information content (AvgIpc) is 3.30. The van der Waals surface area contributed by atoms with Gasteiger partial charge in [-0.05, 0) is 36.5 Å². The van der Waals surface area contributed by atoms with E-state index < -0.39 is 5.91 Å². The molecular weight excluding hydrogens is 436 g/mol. The molecule has 0 bridgehead atoms. The Kier molecular flexibility index (Phi) is 6.11. The van der Waals surface area contributed by atoms with E-state index >= 15 is 0 Å². The molecule has 1 aliphatic heterocycles. The van der Waals surface area contributed by atoms with Crippen LogP contribution < -0.4 is 20.7 Å². The van der Waals surface area contributed by atoms with Crippen LogP contribution in [-0.2, 0) is 11.3 Å². The van der Waals surface area contributed by atoms with Crippen LogP contribution in [-0.4, -0.2) is 45.8 Å². The summed E-state index contributed by atoms with van der Waals surface area (Å²) in [5.74, 6) is 0.277. The zero-order valence-electron chi connectivity index (χ0n) is 18.6. The van der Waals surface area contributed by atoms with Crippen LogP contribution in [0.1, 0.15) is 58.5 Å². The first-order chi connectivity index (χ1) is 16.6. The Labute approximate surface area is 195 Å². The maximum absolute atomic E-state index is 12.9. The summed E-state index contributed by atoms with van der Waals surface area (Å²) in [7, 11) is 0. The van der Waals surface area contributed by atoms with Crippen molar-refractivity contribution in [1.82, 2.24) is 25.6 Å². The lowest BCUT2D eigenvalue weighted by Crippen LogP contribution is -2.30. The zero-order valence-corrected chi connectivity index (χ0v) is 18.6. The molecule has 0 saturated heterocycles. The van der Waals surface area contributed by atoms with Gasteiger partial charge in [-0.25, -0.2) is 9.97 Å². The number of hydrogen-bond donors (Lipinski definition) is 4. The third-order valence-electron chi connectivity index (χ3n) is 6.33. The Morgan fingerprint density at radius 2 is 1.94 bits per heavy atom. The predicted molar refractivity (Wildman–Crippen MR) is 125 cm³/mol. The maximum Gasteiger partial charge on any atom is 0.272 e. The summed E-state index contributed by atoms with van der Waals surface area (Å²) < 4.78 is 5.35. The van der Waals surface area contributed by atoms with Crippen LogP contribution in [0.2, 0.25) is 0 Å². The molecule has 2 aromatic heterocycles. The standard InChI is InChI=1S/C24H26N6O4/c31-19-12-34-18-7-6-15(8-17(18)30-19)10-27-24(33)22-21-20(28-13-29-22)16(11-25-21)23(32)26-9-14-4-2-1-3-5-14/h6-8,11,13-14,25H,1-5,9-10,12H2,(H,26,32)(H,27,33)(H,30,31). The monoisotopic (exact) mass is 462 g/mol. The van der Waals surface area contributed by atoms with E-state index in [-0.39, 0.29) is 30.7 Å². The number of fused-ring (bicyclic) bond motifs is 2. The normalized spacial score (nSPS) is 15.8. The smallest absolute Gasteiger partial charge is 0.272 e. The van der Waals surface area contributed by atoms with Gasteiger partial charge in [-0.2, -0.15) is 0 Å². The lowest BCUT2D eigenvalue weighted by Gasteiger charge is -2.21. The number of amides is 3. The molecule has 0 unspecified atom stereocenters. The minimum Gasteiger partial charge on any atom is -0.482 e. The number of nitrogens with one attached hydrogen (secondary N) is 4. The van der Waals surface area contributed by atoms with Gasteiger partial charge in [-0.15, -0.1) is 0 Å². The first-order valence-electron chi connectivity index (χ1n) is 11.5. The van der Waals surface area contributed by atoms with Crippen LogP contribution in [0.5, 0.6) is 5.75 Å². The van der Waals surface area contributed by atoms with Crippen molar-refractivity contribution in [2.45, 2.75) is 38.6 Å². The SMILES string of the molecule is O=C1COc2ccc(CNC(=O)c3ncnc4c(C(=O)NCC5CCCCC5)c[nH]c34)cc2N1. The second-order valence-electron chi connectivity index (χ2n) is 8.71. The highest BCUT2D eigenvalue weighted by Gasteiger charge is 2.21. The molecule has 1 aromatic carbocycles. The second-order valence-corrected chi connectivity index (χ2v) is 8.71. The average molecular weight is 463 g/mol. The number of rotatable bonds is 6. The van der Waals surface area contributed by atoms with E-state index in [4.69, 9.17) is 4.74 Å². The number of carbonyl (C=O) groups is 3. The number of carbonyl (C=O) groups excluding carboxylic acids is 3. The molecule has 0 radical (unpaired) electrons. The van der Waals surface area contributed by atoms with Crippen LogP contribution >= 0.6 is 0 Å². The number of H-pyrrole nitrogens is 1. The Bertz CT molecular complexity index is 1250. The topological polar surface area (TPSA) is 138 Å². The van der Waals surface area contributed by atoms with E-state index in [1.807, 2.05) is 6.07 Å². The van der Waals surface area contributed by atoms with E-state index in [0.717, 1.165) is 18.4 Å². The lowest BCUT2D eigenvalue weighted by molar-refractivity contribution is -0.118. The van der Waals surface area contributed by atoms with Gasteiger partial charge in [0.25, 0.3) is 17.7 Å². The highest BCUT2D eigenvalue weighted by molar-refractivity contribution is 6.10. The van der Waals surface area contributed by atoms with E-state index in [2.05, 4.69) is 30.9 Å². The van der Waals surface area contributed by atoms with Crippen molar-refractivity contribution >= 4 is 34.4 Å². The van der Waals surface area contributed by atoms with Crippen LogP contribution in [0, 0.1) is 5.92 Å². The van der Waals surface area contributed by atoms with Crippen molar-refractivity contribution in [3.8, 4) is 5.75 Å². The molecule has 0 spiro atoms. The van der Waals surface area contributed by atoms with Crippen molar-refractivity contribution in [2.24, 2.45) is 5.92 Å². The molecule has 1 aliphatic carbocycles. The Hall–Kier alpha value is -3.95. The molecule has 2 aliphatic rings. The molecule has 10 heteroatoms. The highest BCUT2D eigenvalue weighted by Crippen LogP contribution is 2.28. The Morgan fingerprint density at radius 1 is 1.09 bits per heavy atom. The summed E-state index contributed by atoms with van der Waals surface area (Å²) in [6, 6.07) is 5.32. The molecular formula is C24H26N6O4. The Morgan fingerprint density at radius 3 is 2.79 bits per heavy atom. The molecule has 176 valence electrons. The fourth-order valence-electron chi connectivity index (χ4n) is 4.51. The van der Waals surface area contributed by atoms with Crippen LogP contribution in [0.25, 0.3) is 11.0 Å². The molecule has 1 fully saturated rings. The van der Waals surface area contributed by atoms with Gasteiger partial charge in [-0.3, -0.25) is 14.4 Å². The third-order valence-corrected chi connectivity index (χ3v) is 6.33. The summed E-state index contributed by atoms with van der Waals surface area (Å²) in [4.78, 5) is 48.5. The van der Waals surface area contributed by atoms with Gasteiger partial charge in [0.2, 0.25) is 0 Å². The highest BCUT2D eigenvalue weighted by atomic mass is 16.5.